The Morgan fingerprint density at radius 3 is 2.65 bits per heavy atom. The normalized spacial score (nSPS) is 9.53. The van der Waals surface area contributed by atoms with Crippen LogP contribution in [0, 0.1) is 6.92 Å². The second-order valence-corrected chi connectivity index (χ2v) is 3.55. The van der Waals surface area contributed by atoms with E-state index in [1.807, 2.05) is 25.1 Å². The van der Waals surface area contributed by atoms with E-state index in [0.29, 0.717) is 5.69 Å². The third-order valence-electron chi connectivity index (χ3n) is 2.31. The quantitative estimate of drug-likeness (QED) is 0.833. The molecular weight excluding hydrogens is 238 g/mol. The lowest BCUT2D eigenvalue weighted by Crippen LogP contribution is -1.93. The summed E-state index contributed by atoms with van der Waals surface area (Å²) in [6, 6.07) is 7.52. The SMILES string of the molecule is COc1cc(N)ccc1-c1cnnc(C)c1.Cl. The van der Waals surface area contributed by atoms with Gasteiger partial charge in [-0.05, 0) is 25.1 Å². The largest absolute Gasteiger partial charge is 0.496 e. The molecule has 0 bridgehead atoms. The van der Waals surface area contributed by atoms with Crippen LogP contribution in [0.2, 0.25) is 0 Å². The lowest BCUT2D eigenvalue weighted by atomic mass is 10.1. The van der Waals surface area contributed by atoms with Gasteiger partial charge >= 0.3 is 0 Å². The standard InChI is InChI=1S/C12H13N3O.ClH/c1-8-5-9(7-14-15-8)11-4-3-10(13)6-12(11)16-2;/h3-7H,13H2,1-2H3;1H. The summed E-state index contributed by atoms with van der Waals surface area (Å²) in [6.45, 7) is 1.90. The number of nitrogens with zero attached hydrogens (tertiary/aromatic N) is 2. The molecule has 2 rings (SSSR count). The van der Waals surface area contributed by atoms with Crippen molar-refractivity contribution in [1.82, 2.24) is 10.2 Å². The van der Waals surface area contributed by atoms with Gasteiger partial charge in [-0.2, -0.15) is 10.2 Å². The fraction of sp³-hybridized carbons (Fsp3) is 0.167. The Kier molecular flexibility index (Phi) is 4.29. The van der Waals surface area contributed by atoms with Crippen molar-refractivity contribution in [3.05, 3.63) is 36.2 Å². The molecule has 1 heterocycles. The average molecular weight is 252 g/mol. The molecule has 0 aliphatic carbocycles. The van der Waals surface area contributed by atoms with Gasteiger partial charge in [0.1, 0.15) is 5.75 Å². The number of ether oxygens (including phenoxy) is 1. The first-order valence-corrected chi connectivity index (χ1v) is 4.94. The van der Waals surface area contributed by atoms with Gasteiger partial charge in [0.2, 0.25) is 0 Å². The van der Waals surface area contributed by atoms with Crippen molar-refractivity contribution >= 4 is 18.1 Å². The number of rotatable bonds is 2. The van der Waals surface area contributed by atoms with E-state index in [-0.39, 0.29) is 12.4 Å². The topological polar surface area (TPSA) is 61.0 Å². The van der Waals surface area contributed by atoms with Crippen LogP contribution in [-0.2, 0) is 0 Å². The molecule has 17 heavy (non-hydrogen) atoms. The maximum absolute atomic E-state index is 5.70. The van der Waals surface area contributed by atoms with Crippen molar-refractivity contribution in [3.63, 3.8) is 0 Å². The highest BCUT2D eigenvalue weighted by Crippen LogP contribution is 2.31. The molecule has 0 radical (unpaired) electrons. The number of hydrogen-bond donors (Lipinski definition) is 1. The summed E-state index contributed by atoms with van der Waals surface area (Å²) in [7, 11) is 1.62. The van der Waals surface area contributed by atoms with Crippen LogP contribution in [0.3, 0.4) is 0 Å². The number of aromatic nitrogens is 2. The van der Waals surface area contributed by atoms with Crippen molar-refractivity contribution in [2.24, 2.45) is 0 Å². The van der Waals surface area contributed by atoms with Crippen molar-refractivity contribution < 1.29 is 4.74 Å². The zero-order valence-electron chi connectivity index (χ0n) is 9.68. The molecule has 0 aliphatic rings. The molecule has 2 aromatic rings. The molecule has 1 aromatic heterocycles. The van der Waals surface area contributed by atoms with Crippen molar-refractivity contribution in [2.45, 2.75) is 6.92 Å². The summed E-state index contributed by atoms with van der Waals surface area (Å²) in [5.74, 6) is 0.743. The monoisotopic (exact) mass is 251 g/mol. The van der Waals surface area contributed by atoms with Crippen molar-refractivity contribution in [3.8, 4) is 16.9 Å². The number of benzene rings is 1. The number of halogens is 1. The number of nitrogens with two attached hydrogens (primary N) is 1. The van der Waals surface area contributed by atoms with E-state index in [4.69, 9.17) is 10.5 Å². The fourth-order valence-electron chi connectivity index (χ4n) is 1.57. The van der Waals surface area contributed by atoms with Crippen LogP contribution >= 0.6 is 12.4 Å². The molecule has 0 spiro atoms. The molecule has 90 valence electrons. The summed E-state index contributed by atoms with van der Waals surface area (Å²) in [5.41, 5.74) is 9.20. The van der Waals surface area contributed by atoms with Crippen LogP contribution in [0.1, 0.15) is 5.69 Å². The molecule has 0 unspecified atom stereocenters. The van der Waals surface area contributed by atoms with Gasteiger partial charge in [0.25, 0.3) is 0 Å². The minimum atomic E-state index is 0. The predicted octanol–water partition coefficient (Wildman–Crippen LogP) is 2.46. The van der Waals surface area contributed by atoms with Gasteiger partial charge in [0.05, 0.1) is 19.0 Å². The smallest absolute Gasteiger partial charge is 0.128 e. The highest BCUT2D eigenvalue weighted by Gasteiger charge is 2.06. The highest BCUT2D eigenvalue weighted by atomic mass is 35.5. The summed E-state index contributed by atoms with van der Waals surface area (Å²) < 4.78 is 5.29. The Balaban J connectivity index is 0.00000144. The highest BCUT2D eigenvalue weighted by molar-refractivity contribution is 5.85. The molecule has 5 heteroatoms. The van der Waals surface area contributed by atoms with Gasteiger partial charge in [-0.1, -0.05) is 0 Å². The Hall–Kier alpha value is -1.81. The van der Waals surface area contributed by atoms with Gasteiger partial charge in [0.15, 0.2) is 0 Å². The van der Waals surface area contributed by atoms with Crippen molar-refractivity contribution in [1.29, 1.82) is 0 Å². The maximum atomic E-state index is 5.70. The van der Waals surface area contributed by atoms with Crippen molar-refractivity contribution in [2.75, 3.05) is 12.8 Å². The summed E-state index contributed by atoms with van der Waals surface area (Å²) in [4.78, 5) is 0. The van der Waals surface area contributed by atoms with Gasteiger partial charge in [0, 0.05) is 22.9 Å². The van der Waals surface area contributed by atoms with E-state index >= 15 is 0 Å². The van der Waals surface area contributed by atoms with Crippen LogP contribution in [0.4, 0.5) is 5.69 Å². The Bertz CT molecular complexity index is 517. The summed E-state index contributed by atoms with van der Waals surface area (Å²) in [6.07, 6.45) is 1.71. The molecule has 0 saturated carbocycles. The Labute approximate surface area is 106 Å². The predicted molar refractivity (Wildman–Crippen MR) is 70.4 cm³/mol. The van der Waals surface area contributed by atoms with E-state index in [0.717, 1.165) is 22.6 Å². The minimum Gasteiger partial charge on any atom is -0.496 e. The number of hydrogen-bond acceptors (Lipinski definition) is 4. The maximum Gasteiger partial charge on any atom is 0.128 e. The number of aryl methyl sites for hydroxylation is 1. The van der Waals surface area contributed by atoms with E-state index in [1.54, 1.807) is 19.4 Å². The average Bonchev–Trinajstić information content (AvgIpc) is 2.28. The molecule has 0 fully saturated rings. The van der Waals surface area contributed by atoms with Crippen LogP contribution < -0.4 is 10.5 Å². The van der Waals surface area contributed by atoms with Gasteiger partial charge in [-0.25, -0.2) is 0 Å². The molecular formula is C12H14ClN3O. The number of methoxy groups -OCH3 is 1. The number of nitrogen functional groups attached to an aromatic ring is 1. The molecule has 4 nitrogen and oxygen atoms in total. The van der Waals surface area contributed by atoms with Gasteiger partial charge < -0.3 is 10.5 Å². The first kappa shape index (κ1) is 13.3. The van der Waals surface area contributed by atoms with Crippen LogP contribution in [0.5, 0.6) is 5.75 Å². The second-order valence-electron chi connectivity index (χ2n) is 3.55. The third kappa shape index (κ3) is 2.85. The lowest BCUT2D eigenvalue weighted by molar-refractivity contribution is 0.416. The Morgan fingerprint density at radius 2 is 2.00 bits per heavy atom. The molecule has 0 aliphatic heterocycles. The van der Waals surface area contributed by atoms with E-state index in [9.17, 15) is 0 Å². The summed E-state index contributed by atoms with van der Waals surface area (Å²) >= 11 is 0. The van der Waals surface area contributed by atoms with Crippen LogP contribution in [0.25, 0.3) is 11.1 Å². The van der Waals surface area contributed by atoms with Gasteiger partial charge in [-0.3, -0.25) is 0 Å². The fourth-order valence-corrected chi connectivity index (χ4v) is 1.57. The molecule has 0 saturated heterocycles. The Morgan fingerprint density at radius 1 is 1.24 bits per heavy atom. The first-order chi connectivity index (χ1) is 7.70. The molecule has 2 N–H and O–H groups in total. The number of anilines is 1. The molecule has 0 amide bonds. The van der Waals surface area contributed by atoms with E-state index in [1.165, 1.54) is 0 Å². The van der Waals surface area contributed by atoms with Gasteiger partial charge in [-0.15, -0.1) is 12.4 Å². The second kappa shape index (κ2) is 5.50. The zero-order chi connectivity index (χ0) is 11.5. The van der Waals surface area contributed by atoms with E-state index in [2.05, 4.69) is 10.2 Å². The van der Waals surface area contributed by atoms with Crippen LogP contribution in [0.15, 0.2) is 30.5 Å². The molecule has 0 atom stereocenters. The lowest BCUT2D eigenvalue weighted by Gasteiger charge is -2.09. The first-order valence-electron chi connectivity index (χ1n) is 4.94. The minimum absolute atomic E-state index is 0. The zero-order valence-corrected chi connectivity index (χ0v) is 10.5. The van der Waals surface area contributed by atoms with Crippen LogP contribution in [-0.4, -0.2) is 17.3 Å². The van der Waals surface area contributed by atoms with E-state index < -0.39 is 0 Å². The summed E-state index contributed by atoms with van der Waals surface area (Å²) in [5, 5.41) is 7.84. The third-order valence-corrected chi connectivity index (χ3v) is 2.31. The molecule has 1 aromatic carbocycles.